The second-order valence-electron chi connectivity index (χ2n) is 1.17. The van der Waals surface area contributed by atoms with E-state index in [1.165, 1.54) is 0 Å². The average molecular weight is 200 g/mol. The minimum absolute atomic E-state index is 0. The maximum atomic E-state index is 9.84. The molecule has 0 fully saturated rings. The number of carbonyl (C=O) groups is 2. The molecule has 9 heteroatoms. The van der Waals surface area contributed by atoms with E-state index in [1.54, 1.807) is 0 Å². The van der Waals surface area contributed by atoms with Gasteiger partial charge in [-0.15, -0.1) is 0 Å². The van der Waals surface area contributed by atoms with Crippen molar-refractivity contribution in [3.05, 3.63) is 0 Å². The lowest BCUT2D eigenvalue weighted by Crippen LogP contribution is -2.14. The lowest BCUT2D eigenvalue weighted by atomic mass is 10.7. The molecule has 0 aromatic rings. The molecule has 0 heterocycles. The first-order valence-corrected chi connectivity index (χ1v) is 3.38. The highest BCUT2D eigenvalue weighted by molar-refractivity contribution is 7.47. The summed E-state index contributed by atoms with van der Waals surface area (Å²) in [4.78, 5) is 35.1. The van der Waals surface area contributed by atoms with Crippen LogP contribution in [0.2, 0.25) is 0 Å². The third kappa shape index (κ3) is 7.52. The minimum Gasteiger partial charge on any atom is -0.473 e. The van der Waals surface area contributed by atoms with Crippen LogP contribution < -0.4 is 0 Å². The van der Waals surface area contributed by atoms with Gasteiger partial charge < -0.3 is 9.63 Å². The van der Waals surface area contributed by atoms with E-state index in [-0.39, 0.29) is 17.4 Å². The normalized spacial score (nSPS) is 9.64. The molecule has 0 radical (unpaired) electrons. The Bertz CT molecular complexity index is 204. The number of aliphatic carboxylic acids is 1. The predicted octanol–water partition coefficient (Wildman–Crippen LogP) is -2.48. The number of carbonyl (C=O) groups excluding carboxylic acids is 1. The maximum absolute atomic E-state index is 9.84. The van der Waals surface area contributed by atoms with E-state index in [0.717, 1.165) is 0 Å². The fraction of sp³-hybridized carbons (Fsp3) is 0. The zero-order valence-electron chi connectivity index (χ0n) is 4.42. The number of rotatable bonds is 1. The molecule has 0 aliphatic carbocycles. The summed E-state index contributed by atoms with van der Waals surface area (Å²) in [6.45, 7) is 0. The molecule has 0 atom stereocenters. The van der Waals surface area contributed by atoms with E-state index in [2.05, 4.69) is 4.52 Å². The fourth-order valence-electron chi connectivity index (χ4n) is 0.147. The van der Waals surface area contributed by atoms with Crippen molar-refractivity contribution >= 4 is 37.1 Å². The van der Waals surface area contributed by atoms with Crippen LogP contribution in [0.1, 0.15) is 0 Å². The largest absolute Gasteiger partial charge is 0.527 e. The molecule has 0 saturated heterocycles. The van der Waals surface area contributed by atoms with E-state index >= 15 is 0 Å². The second kappa shape index (κ2) is 4.49. The van der Waals surface area contributed by atoms with Gasteiger partial charge in [0.2, 0.25) is 0 Å². The second-order valence-corrected chi connectivity index (χ2v) is 2.34. The summed E-state index contributed by atoms with van der Waals surface area (Å²) in [6.07, 6.45) is 0. The standard InChI is InChI=1S/C2H3O7P.Al.3H/c3-1(4)2(5)9-10(6,7)8;;;;/h(H,3,4)(H2,6,7,8);;;;. The Labute approximate surface area is 71.3 Å². The summed E-state index contributed by atoms with van der Waals surface area (Å²) in [5.74, 6) is -4.03. The van der Waals surface area contributed by atoms with Gasteiger partial charge in [-0.25, -0.2) is 14.2 Å². The van der Waals surface area contributed by atoms with Gasteiger partial charge in [-0.1, -0.05) is 0 Å². The Balaban J connectivity index is 0. The number of carboxylic acids is 1. The highest BCUT2D eigenvalue weighted by Crippen LogP contribution is 2.35. The first-order chi connectivity index (χ1) is 4.33. The summed E-state index contributed by atoms with van der Waals surface area (Å²) >= 11 is 0. The lowest BCUT2D eigenvalue weighted by Gasteiger charge is -1.99. The molecule has 0 rings (SSSR count). The Hall–Kier alpha value is -0.378. The summed E-state index contributed by atoms with van der Waals surface area (Å²) < 4.78 is 12.9. The van der Waals surface area contributed by atoms with E-state index in [4.69, 9.17) is 14.9 Å². The molecule has 11 heavy (non-hydrogen) atoms. The van der Waals surface area contributed by atoms with Crippen molar-refractivity contribution in [2.75, 3.05) is 0 Å². The van der Waals surface area contributed by atoms with Crippen molar-refractivity contribution in [2.45, 2.75) is 0 Å². The van der Waals surface area contributed by atoms with Gasteiger partial charge in [0.05, 0.1) is 0 Å². The lowest BCUT2D eigenvalue weighted by molar-refractivity contribution is -0.158. The highest BCUT2D eigenvalue weighted by Gasteiger charge is 2.25. The monoisotopic (exact) mass is 200 g/mol. The Kier molecular flexibility index (Phi) is 5.40. The zero-order valence-corrected chi connectivity index (χ0v) is 5.32. The van der Waals surface area contributed by atoms with Gasteiger partial charge in [-0.3, -0.25) is 9.79 Å². The molecule has 0 saturated carbocycles. The Morgan fingerprint density at radius 1 is 1.27 bits per heavy atom. The SMILES string of the molecule is O=C(O)C(=O)OP(=O)(O)O.[AlH3]. The van der Waals surface area contributed by atoms with Crippen molar-refractivity contribution in [3.8, 4) is 0 Å². The zero-order chi connectivity index (χ0) is 8.36. The first kappa shape index (κ1) is 13.2. The van der Waals surface area contributed by atoms with Crippen molar-refractivity contribution in [2.24, 2.45) is 0 Å². The smallest absolute Gasteiger partial charge is 0.473 e. The fourth-order valence-corrected chi connectivity index (χ4v) is 0.441. The minimum atomic E-state index is -5.01. The van der Waals surface area contributed by atoms with Crippen LogP contribution in [0.3, 0.4) is 0 Å². The van der Waals surface area contributed by atoms with Crippen LogP contribution in [0.25, 0.3) is 0 Å². The van der Waals surface area contributed by atoms with E-state index in [0.29, 0.717) is 0 Å². The van der Waals surface area contributed by atoms with Gasteiger partial charge in [0.15, 0.2) is 17.4 Å². The van der Waals surface area contributed by atoms with Crippen LogP contribution >= 0.6 is 7.82 Å². The molecule has 0 amide bonds. The first-order valence-electron chi connectivity index (χ1n) is 1.85. The van der Waals surface area contributed by atoms with Crippen molar-refractivity contribution < 1.29 is 33.6 Å². The van der Waals surface area contributed by atoms with Crippen molar-refractivity contribution in [1.82, 2.24) is 0 Å². The summed E-state index contributed by atoms with van der Waals surface area (Å²) in [5, 5.41) is 7.73. The van der Waals surface area contributed by atoms with Gasteiger partial charge in [-0.05, 0) is 0 Å². The van der Waals surface area contributed by atoms with E-state index in [9.17, 15) is 14.2 Å². The quantitative estimate of drug-likeness (QED) is 0.243. The third-order valence-electron chi connectivity index (χ3n) is 0.376. The molecule has 0 aliphatic heterocycles. The van der Waals surface area contributed by atoms with Crippen LogP contribution in [-0.4, -0.2) is 44.2 Å². The topological polar surface area (TPSA) is 121 Å². The number of hydrogen-bond acceptors (Lipinski definition) is 4. The number of hydrogen-bond donors (Lipinski definition) is 3. The van der Waals surface area contributed by atoms with Gasteiger partial charge in [-0.2, -0.15) is 0 Å². The van der Waals surface area contributed by atoms with Crippen LogP contribution in [-0.2, 0) is 18.7 Å². The molecule has 0 aliphatic rings. The molecule has 3 N–H and O–H groups in total. The van der Waals surface area contributed by atoms with Gasteiger partial charge in [0.1, 0.15) is 0 Å². The average Bonchev–Trinajstić information content (AvgIpc) is 1.60. The molecule has 7 nitrogen and oxygen atoms in total. The maximum Gasteiger partial charge on any atom is 0.527 e. The van der Waals surface area contributed by atoms with Crippen molar-refractivity contribution in [3.63, 3.8) is 0 Å². The molecule has 0 spiro atoms. The molecular weight excluding hydrogens is 194 g/mol. The number of carboxylic acid groups (broad SMARTS) is 1. The predicted molar refractivity (Wildman–Crippen MR) is 35.7 cm³/mol. The van der Waals surface area contributed by atoms with Gasteiger partial charge in [0, 0.05) is 0 Å². The Morgan fingerprint density at radius 3 is 1.73 bits per heavy atom. The molecule has 64 valence electrons. The Morgan fingerprint density at radius 2 is 1.64 bits per heavy atom. The molecular formula is C2H6AlO7P. The third-order valence-corrected chi connectivity index (χ3v) is 0.780. The van der Waals surface area contributed by atoms with Crippen LogP contribution in [0.4, 0.5) is 0 Å². The van der Waals surface area contributed by atoms with E-state index < -0.39 is 19.8 Å². The van der Waals surface area contributed by atoms with E-state index in [1.807, 2.05) is 0 Å². The van der Waals surface area contributed by atoms with Crippen LogP contribution in [0, 0.1) is 0 Å². The van der Waals surface area contributed by atoms with Gasteiger partial charge in [0.25, 0.3) is 0 Å². The molecule has 0 bridgehead atoms. The van der Waals surface area contributed by atoms with Crippen molar-refractivity contribution in [1.29, 1.82) is 0 Å². The van der Waals surface area contributed by atoms with Crippen LogP contribution in [0.5, 0.6) is 0 Å². The summed E-state index contributed by atoms with van der Waals surface area (Å²) in [7, 11) is -5.01. The molecule has 0 aromatic carbocycles. The summed E-state index contributed by atoms with van der Waals surface area (Å²) in [6, 6.07) is 0. The molecule has 0 aromatic heterocycles. The van der Waals surface area contributed by atoms with Crippen LogP contribution in [0.15, 0.2) is 0 Å². The highest BCUT2D eigenvalue weighted by atomic mass is 31.2. The number of phosphoric acid groups is 1. The van der Waals surface area contributed by atoms with Gasteiger partial charge >= 0.3 is 19.8 Å². The molecule has 0 unspecified atom stereocenters. The summed E-state index contributed by atoms with van der Waals surface area (Å²) in [5.41, 5.74) is 0. The number of phosphoric ester groups is 1.